The third kappa shape index (κ3) is 3.49. The van der Waals surface area contributed by atoms with E-state index in [1.54, 1.807) is 4.90 Å². The van der Waals surface area contributed by atoms with Crippen LogP contribution < -0.4 is 5.73 Å². The predicted octanol–water partition coefficient (Wildman–Crippen LogP) is 1.82. The number of hydrogen-bond acceptors (Lipinski definition) is 5. The summed E-state index contributed by atoms with van der Waals surface area (Å²) >= 11 is 0. The van der Waals surface area contributed by atoms with E-state index in [0.717, 1.165) is 12.8 Å². The molecular weight excluding hydrogens is 274 g/mol. The molecule has 1 aromatic rings. The van der Waals surface area contributed by atoms with Gasteiger partial charge in [-0.2, -0.15) is 0 Å². The molecule has 0 aliphatic carbocycles. The quantitative estimate of drug-likeness (QED) is 0.518. The summed E-state index contributed by atoms with van der Waals surface area (Å²) < 4.78 is 5.54. The molecular formula is C14H19N3O4. The van der Waals surface area contributed by atoms with Crippen molar-refractivity contribution in [3.05, 3.63) is 33.9 Å². The first kappa shape index (κ1) is 15.2. The lowest BCUT2D eigenvalue weighted by atomic mass is 10.1. The lowest BCUT2D eigenvalue weighted by molar-refractivity contribution is -0.383. The van der Waals surface area contributed by atoms with E-state index in [-0.39, 0.29) is 23.4 Å². The van der Waals surface area contributed by atoms with Gasteiger partial charge in [0.25, 0.3) is 11.6 Å². The molecule has 114 valence electrons. The van der Waals surface area contributed by atoms with Crippen molar-refractivity contribution in [2.24, 2.45) is 0 Å². The van der Waals surface area contributed by atoms with E-state index in [1.807, 2.05) is 6.92 Å². The number of likely N-dealkylation sites (tertiary alicyclic amines) is 1. The summed E-state index contributed by atoms with van der Waals surface area (Å²) in [5.41, 5.74) is 5.83. The van der Waals surface area contributed by atoms with E-state index in [1.165, 1.54) is 18.2 Å². The van der Waals surface area contributed by atoms with Gasteiger partial charge in [0.15, 0.2) is 0 Å². The zero-order valence-corrected chi connectivity index (χ0v) is 11.9. The van der Waals surface area contributed by atoms with Crippen LogP contribution in [0.15, 0.2) is 18.2 Å². The molecule has 0 aromatic heterocycles. The number of nitrogen functional groups attached to an aromatic ring is 1. The van der Waals surface area contributed by atoms with E-state index < -0.39 is 4.92 Å². The first-order valence-corrected chi connectivity index (χ1v) is 6.97. The van der Waals surface area contributed by atoms with Gasteiger partial charge in [0.1, 0.15) is 5.69 Å². The fourth-order valence-electron chi connectivity index (χ4n) is 2.50. The van der Waals surface area contributed by atoms with Crippen LogP contribution in [0.1, 0.15) is 30.1 Å². The normalized spacial score (nSPS) is 16.0. The molecule has 0 spiro atoms. The molecule has 1 fully saturated rings. The van der Waals surface area contributed by atoms with Crippen LogP contribution in [0.25, 0.3) is 0 Å². The smallest absolute Gasteiger partial charge is 0.292 e. The summed E-state index contributed by atoms with van der Waals surface area (Å²) in [7, 11) is 0. The minimum atomic E-state index is -0.558. The van der Waals surface area contributed by atoms with Gasteiger partial charge in [-0.1, -0.05) is 0 Å². The number of carbonyl (C=O) groups excluding carboxylic acids is 1. The highest BCUT2D eigenvalue weighted by Crippen LogP contribution is 2.24. The van der Waals surface area contributed by atoms with Gasteiger partial charge in [-0.05, 0) is 31.9 Å². The number of nitrogens with zero attached hydrogens (tertiary/aromatic N) is 2. The molecule has 1 aliphatic heterocycles. The van der Waals surface area contributed by atoms with Gasteiger partial charge in [-0.3, -0.25) is 14.9 Å². The third-order valence-corrected chi connectivity index (χ3v) is 3.60. The van der Waals surface area contributed by atoms with Crippen molar-refractivity contribution in [1.82, 2.24) is 4.90 Å². The first-order chi connectivity index (χ1) is 10.0. The van der Waals surface area contributed by atoms with Crippen molar-refractivity contribution >= 4 is 17.3 Å². The number of nitro benzene ring substituents is 1. The minimum absolute atomic E-state index is 0.00931. The second-order valence-electron chi connectivity index (χ2n) is 4.98. The molecule has 1 aliphatic rings. The molecule has 0 radical (unpaired) electrons. The predicted molar refractivity (Wildman–Crippen MR) is 78.1 cm³/mol. The molecule has 0 unspecified atom stereocenters. The Kier molecular flexibility index (Phi) is 4.74. The largest absolute Gasteiger partial charge is 0.393 e. The van der Waals surface area contributed by atoms with E-state index in [2.05, 4.69) is 0 Å². The maximum Gasteiger partial charge on any atom is 0.292 e. The summed E-state index contributed by atoms with van der Waals surface area (Å²) in [5.74, 6) is -0.147. The van der Waals surface area contributed by atoms with Gasteiger partial charge in [-0.25, -0.2) is 0 Å². The van der Waals surface area contributed by atoms with E-state index in [0.29, 0.717) is 25.3 Å². The van der Waals surface area contributed by atoms with E-state index in [4.69, 9.17) is 10.5 Å². The molecule has 7 heteroatoms. The molecule has 2 N–H and O–H groups in total. The van der Waals surface area contributed by atoms with Crippen molar-refractivity contribution in [2.75, 3.05) is 25.4 Å². The Bertz CT molecular complexity index is 539. The Labute approximate surface area is 122 Å². The molecule has 1 aromatic carbocycles. The lowest BCUT2D eigenvalue weighted by Crippen LogP contribution is -2.40. The van der Waals surface area contributed by atoms with Crippen molar-refractivity contribution in [2.45, 2.75) is 25.9 Å². The molecule has 1 heterocycles. The van der Waals surface area contributed by atoms with E-state index in [9.17, 15) is 14.9 Å². The highest BCUT2D eigenvalue weighted by atomic mass is 16.6. The molecule has 0 atom stereocenters. The van der Waals surface area contributed by atoms with Gasteiger partial charge in [0.05, 0.1) is 11.0 Å². The molecule has 0 bridgehead atoms. The first-order valence-electron chi connectivity index (χ1n) is 6.97. The number of carbonyl (C=O) groups is 1. The van der Waals surface area contributed by atoms with Crippen molar-refractivity contribution in [1.29, 1.82) is 0 Å². The van der Waals surface area contributed by atoms with Crippen molar-refractivity contribution in [3.8, 4) is 0 Å². The van der Waals surface area contributed by atoms with Crippen LogP contribution in [0, 0.1) is 10.1 Å². The summed E-state index contributed by atoms with van der Waals surface area (Å²) in [5, 5.41) is 10.7. The number of benzene rings is 1. The highest BCUT2D eigenvalue weighted by Gasteiger charge is 2.24. The second kappa shape index (κ2) is 6.53. The monoisotopic (exact) mass is 293 g/mol. The summed E-state index contributed by atoms with van der Waals surface area (Å²) in [6.45, 7) is 3.88. The number of nitro groups is 1. The number of ether oxygens (including phenoxy) is 1. The average molecular weight is 293 g/mol. The Morgan fingerprint density at radius 2 is 2.14 bits per heavy atom. The van der Waals surface area contributed by atoms with Gasteiger partial charge >= 0.3 is 0 Å². The van der Waals surface area contributed by atoms with Gasteiger partial charge in [-0.15, -0.1) is 0 Å². The second-order valence-corrected chi connectivity index (χ2v) is 4.98. The van der Waals surface area contributed by atoms with Gasteiger partial charge in [0.2, 0.25) is 0 Å². The Morgan fingerprint density at radius 1 is 1.48 bits per heavy atom. The van der Waals surface area contributed by atoms with Crippen LogP contribution in [0.2, 0.25) is 0 Å². The lowest BCUT2D eigenvalue weighted by Gasteiger charge is -2.31. The van der Waals surface area contributed by atoms with Crippen molar-refractivity contribution < 1.29 is 14.5 Å². The van der Waals surface area contributed by atoms with Crippen LogP contribution >= 0.6 is 0 Å². The number of piperidine rings is 1. The molecule has 1 amide bonds. The topological polar surface area (TPSA) is 98.7 Å². The number of nitrogens with two attached hydrogens (primary N) is 1. The van der Waals surface area contributed by atoms with Crippen LogP contribution in [-0.4, -0.2) is 41.5 Å². The Morgan fingerprint density at radius 3 is 2.67 bits per heavy atom. The van der Waals surface area contributed by atoms with Crippen LogP contribution in [-0.2, 0) is 4.74 Å². The van der Waals surface area contributed by atoms with Gasteiger partial charge in [0, 0.05) is 31.3 Å². The van der Waals surface area contributed by atoms with Crippen LogP contribution in [0.4, 0.5) is 11.4 Å². The molecule has 21 heavy (non-hydrogen) atoms. The zero-order valence-electron chi connectivity index (χ0n) is 11.9. The maximum atomic E-state index is 12.4. The number of rotatable bonds is 4. The van der Waals surface area contributed by atoms with Gasteiger partial charge < -0.3 is 15.4 Å². The van der Waals surface area contributed by atoms with Crippen LogP contribution in [0.5, 0.6) is 0 Å². The number of anilines is 1. The van der Waals surface area contributed by atoms with E-state index >= 15 is 0 Å². The molecule has 1 saturated heterocycles. The third-order valence-electron chi connectivity index (χ3n) is 3.60. The fraction of sp³-hybridized carbons (Fsp3) is 0.500. The van der Waals surface area contributed by atoms with Crippen LogP contribution in [0.3, 0.4) is 0 Å². The molecule has 0 saturated carbocycles. The van der Waals surface area contributed by atoms with Crippen molar-refractivity contribution in [3.63, 3.8) is 0 Å². The fourth-order valence-corrected chi connectivity index (χ4v) is 2.50. The summed E-state index contributed by atoms with van der Waals surface area (Å²) in [6, 6.07) is 4.09. The molecule has 2 rings (SSSR count). The Hall–Kier alpha value is -2.15. The highest BCUT2D eigenvalue weighted by molar-refractivity contribution is 5.95. The summed E-state index contributed by atoms with van der Waals surface area (Å²) in [4.78, 5) is 24.2. The zero-order chi connectivity index (χ0) is 15.4. The Balaban J connectivity index is 2.04. The number of amides is 1. The summed E-state index contributed by atoms with van der Waals surface area (Å²) in [6.07, 6.45) is 1.82. The standard InChI is InChI=1S/C14H19N3O4/c1-2-21-11-5-7-16(8-6-11)14(18)10-3-4-13(17(19)20)12(15)9-10/h3-4,9,11H,2,5-8,15H2,1H3. The molecule has 7 nitrogen and oxygen atoms in total. The average Bonchev–Trinajstić information content (AvgIpc) is 2.47. The minimum Gasteiger partial charge on any atom is -0.393 e. The number of hydrogen-bond donors (Lipinski definition) is 1. The maximum absolute atomic E-state index is 12.4. The SMILES string of the molecule is CCOC1CCN(C(=O)c2ccc([N+](=O)[O-])c(N)c2)CC1.